The zero-order chi connectivity index (χ0) is 40.5. The largest absolute Gasteiger partial charge is 0.456 e. The van der Waals surface area contributed by atoms with E-state index < -0.39 is 106 Å². The first kappa shape index (κ1) is 40.5. The second-order valence-corrected chi connectivity index (χ2v) is 17.0. The molecule has 1 aliphatic heterocycles. The average Bonchev–Trinajstić information content (AvgIpc) is 3.12. The lowest BCUT2D eigenvalue weighted by Crippen LogP contribution is -2.81. The zero-order valence-electron chi connectivity index (χ0n) is 32.0. The van der Waals surface area contributed by atoms with Gasteiger partial charge in [0.1, 0.15) is 35.1 Å². The van der Waals surface area contributed by atoms with E-state index in [-0.39, 0.29) is 29.7 Å². The third-order valence-electron chi connectivity index (χ3n) is 12.3. The molecule has 0 spiro atoms. The number of amides is 1. The molecule has 2 aromatic carbocycles. The lowest BCUT2D eigenvalue weighted by molar-refractivity contribution is -0.343. The predicted octanol–water partition coefficient (Wildman–Crippen LogP) is 2.69. The maximum absolute atomic E-state index is 14.7. The monoisotopic (exact) mass is 765 g/mol. The van der Waals surface area contributed by atoms with Crippen molar-refractivity contribution in [3.8, 4) is 0 Å². The van der Waals surface area contributed by atoms with Crippen LogP contribution in [0.5, 0.6) is 0 Å². The number of aliphatic hydroxyl groups excluding tert-OH is 3. The highest BCUT2D eigenvalue weighted by Gasteiger charge is 2.76. The molecule has 2 aromatic rings. The van der Waals surface area contributed by atoms with Crippen LogP contribution in [0.2, 0.25) is 0 Å². The summed E-state index contributed by atoms with van der Waals surface area (Å²) < 4.78 is 23.2. The molecule has 1 saturated heterocycles. The Kier molecular flexibility index (Phi) is 10.4. The summed E-state index contributed by atoms with van der Waals surface area (Å²) in [5.74, 6) is -4.55. The second kappa shape index (κ2) is 14.1. The normalized spacial score (nSPS) is 35.0. The molecule has 4 aliphatic rings. The summed E-state index contributed by atoms with van der Waals surface area (Å²) >= 11 is 0. The van der Waals surface area contributed by atoms with Crippen LogP contribution in [-0.2, 0) is 28.5 Å². The standard InChI is InChI=1S/C41H51NO13/c1-21-24(53-35(48)30(45)28(22-14-10-8-11-15-22)42-36(49)55-37(2,3)4)19-41(51)33(54-34(47)23-16-12-9-13-17-23)31-39(7,25(43)18-26-40(31,50)20-52-26)32(46)29(44)27(21)38(41,5)6/h8-17,24-26,28-31,33,43-45,50-51H,18-20H2,1-7H3,(H,42,49). The highest BCUT2D eigenvalue weighted by atomic mass is 16.6. The molecule has 2 saturated carbocycles. The minimum Gasteiger partial charge on any atom is -0.456 e. The maximum Gasteiger partial charge on any atom is 0.408 e. The highest BCUT2D eigenvalue weighted by Crippen LogP contribution is 2.63. The molecule has 14 nitrogen and oxygen atoms in total. The summed E-state index contributed by atoms with van der Waals surface area (Å²) in [5, 5.41) is 63.2. The molecule has 6 rings (SSSR count). The molecule has 1 heterocycles. The SMILES string of the molecule is CC1=C2C(O)C(=O)C3(C)C(O)CC4OCC4(O)C3C(OC(=O)c3ccccc3)C(O)(CC1OC(=O)C(O)C(NC(=O)OC(C)(C)C)c1ccccc1)C2(C)C. The van der Waals surface area contributed by atoms with Crippen LogP contribution in [0.15, 0.2) is 71.8 Å². The Morgan fingerprint density at radius 3 is 2.11 bits per heavy atom. The van der Waals surface area contributed by atoms with Gasteiger partial charge in [0.2, 0.25) is 0 Å². The molecular weight excluding hydrogens is 714 g/mol. The number of hydrogen-bond donors (Lipinski definition) is 6. The lowest BCUT2D eigenvalue weighted by atomic mass is 9.44. The number of esters is 2. The van der Waals surface area contributed by atoms with Crippen LogP contribution >= 0.6 is 0 Å². The van der Waals surface area contributed by atoms with E-state index in [1.165, 1.54) is 26.0 Å². The van der Waals surface area contributed by atoms with Crippen LogP contribution in [0.4, 0.5) is 4.79 Å². The van der Waals surface area contributed by atoms with Crippen molar-refractivity contribution in [1.29, 1.82) is 0 Å². The van der Waals surface area contributed by atoms with Gasteiger partial charge < -0.3 is 49.8 Å². The number of rotatable bonds is 7. The number of carbonyl (C=O) groups excluding carboxylic acids is 4. The molecule has 298 valence electrons. The number of Topliss-reactive ketones (excluding diaryl/α,β-unsaturated/α-hetero) is 1. The quantitative estimate of drug-likeness (QED) is 0.136. The first-order chi connectivity index (χ1) is 25.6. The summed E-state index contributed by atoms with van der Waals surface area (Å²) in [7, 11) is 0. The highest BCUT2D eigenvalue weighted by molar-refractivity contribution is 5.94. The van der Waals surface area contributed by atoms with Crippen molar-refractivity contribution in [2.24, 2.45) is 16.7 Å². The third kappa shape index (κ3) is 6.66. The van der Waals surface area contributed by atoms with Gasteiger partial charge in [-0.2, -0.15) is 0 Å². The van der Waals surface area contributed by atoms with Gasteiger partial charge in [0.25, 0.3) is 0 Å². The van der Waals surface area contributed by atoms with Gasteiger partial charge in [-0.1, -0.05) is 62.4 Å². The fourth-order valence-electron chi connectivity index (χ4n) is 9.16. The topological polar surface area (TPSA) is 218 Å². The Labute approximate surface area is 319 Å². The summed E-state index contributed by atoms with van der Waals surface area (Å²) in [4.78, 5) is 55.5. The number of ether oxygens (including phenoxy) is 4. The predicted molar refractivity (Wildman–Crippen MR) is 194 cm³/mol. The third-order valence-corrected chi connectivity index (χ3v) is 12.3. The van der Waals surface area contributed by atoms with Gasteiger partial charge in [0, 0.05) is 24.2 Å². The average molecular weight is 766 g/mol. The van der Waals surface area contributed by atoms with E-state index >= 15 is 0 Å². The lowest BCUT2D eigenvalue weighted by Gasteiger charge is -2.66. The molecule has 0 radical (unpaired) electrons. The minimum atomic E-state index is -2.31. The van der Waals surface area contributed by atoms with E-state index in [4.69, 9.17) is 18.9 Å². The van der Waals surface area contributed by atoms with Crippen LogP contribution in [0.25, 0.3) is 0 Å². The van der Waals surface area contributed by atoms with E-state index in [1.54, 1.807) is 83.1 Å². The van der Waals surface area contributed by atoms with Gasteiger partial charge in [0.15, 0.2) is 11.9 Å². The number of aliphatic hydroxyl groups is 5. The number of carbonyl (C=O) groups is 4. The molecule has 3 fully saturated rings. The van der Waals surface area contributed by atoms with E-state index in [2.05, 4.69) is 5.32 Å². The van der Waals surface area contributed by atoms with Crippen LogP contribution in [-0.4, -0.2) is 109 Å². The molecule has 14 heteroatoms. The van der Waals surface area contributed by atoms with Crippen LogP contribution < -0.4 is 5.32 Å². The molecular formula is C41H51NO13. The molecule has 1 amide bonds. The van der Waals surface area contributed by atoms with Gasteiger partial charge in [-0.05, 0) is 63.5 Å². The molecule has 11 atom stereocenters. The van der Waals surface area contributed by atoms with Gasteiger partial charge >= 0.3 is 18.0 Å². The molecule has 11 unspecified atom stereocenters. The molecule has 0 aromatic heterocycles. The van der Waals surface area contributed by atoms with Crippen molar-refractivity contribution in [2.75, 3.05) is 6.61 Å². The first-order valence-electron chi connectivity index (χ1n) is 18.4. The smallest absolute Gasteiger partial charge is 0.408 e. The molecule has 6 N–H and O–H groups in total. The summed E-state index contributed by atoms with van der Waals surface area (Å²) in [6, 6.07) is 14.7. The Hall–Kier alpha value is -4.18. The zero-order valence-corrected chi connectivity index (χ0v) is 32.0. The van der Waals surface area contributed by atoms with E-state index in [1.807, 2.05) is 0 Å². The summed E-state index contributed by atoms with van der Waals surface area (Å²) in [6.07, 6.45) is -11.3. The van der Waals surface area contributed by atoms with Crippen molar-refractivity contribution in [2.45, 2.75) is 121 Å². The Bertz CT molecular complexity index is 1860. The van der Waals surface area contributed by atoms with E-state index in [9.17, 15) is 44.7 Å². The van der Waals surface area contributed by atoms with Crippen molar-refractivity contribution < 1.29 is 63.7 Å². The van der Waals surface area contributed by atoms with Crippen molar-refractivity contribution in [1.82, 2.24) is 5.32 Å². The Balaban J connectivity index is 1.45. The number of benzene rings is 2. The van der Waals surface area contributed by atoms with Crippen LogP contribution in [0.3, 0.4) is 0 Å². The number of alkyl carbamates (subject to hydrolysis) is 1. The second-order valence-electron chi connectivity index (χ2n) is 17.0. The first-order valence-corrected chi connectivity index (χ1v) is 18.4. The van der Waals surface area contributed by atoms with Gasteiger partial charge in [-0.15, -0.1) is 0 Å². The van der Waals surface area contributed by atoms with E-state index in [0.717, 1.165) is 0 Å². The van der Waals surface area contributed by atoms with Gasteiger partial charge in [-0.25, -0.2) is 14.4 Å². The van der Waals surface area contributed by atoms with E-state index in [0.29, 0.717) is 5.56 Å². The number of fused-ring (bicyclic) bond motifs is 5. The minimum absolute atomic E-state index is 0.0448. The number of ketones is 1. The van der Waals surface area contributed by atoms with Gasteiger partial charge in [0.05, 0.1) is 35.8 Å². The number of hydrogen-bond acceptors (Lipinski definition) is 13. The molecule has 55 heavy (non-hydrogen) atoms. The van der Waals surface area contributed by atoms with Gasteiger partial charge in [-0.3, -0.25) is 4.79 Å². The fourth-order valence-corrected chi connectivity index (χ4v) is 9.16. The maximum atomic E-state index is 14.7. The number of nitrogens with one attached hydrogen (secondary N) is 1. The van der Waals surface area contributed by atoms with Crippen molar-refractivity contribution >= 4 is 23.8 Å². The van der Waals surface area contributed by atoms with Crippen LogP contribution in [0.1, 0.15) is 83.3 Å². The summed E-state index contributed by atoms with van der Waals surface area (Å²) in [6.45, 7) is 10.6. The van der Waals surface area contributed by atoms with Crippen molar-refractivity contribution in [3.63, 3.8) is 0 Å². The Morgan fingerprint density at radius 2 is 1.55 bits per heavy atom. The Morgan fingerprint density at radius 1 is 0.945 bits per heavy atom. The molecule has 2 bridgehead atoms. The van der Waals surface area contributed by atoms with Crippen LogP contribution in [0, 0.1) is 16.7 Å². The fraction of sp³-hybridized carbons (Fsp3) is 0.561. The van der Waals surface area contributed by atoms with Crippen molar-refractivity contribution in [3.05, 3.63) is 82.9 Å². The summed E-state index contributed by atoms with van der Waals surface area (Å²) in [5.41, 5.74) is -8.10. The molecule has 3 aliphatic carbocycles.